The summed E-state index contributed by atoms with van der Waals surface area (Å²) in [5.74, 6) is -6.53. The number of aliphatic hydroxyl groups is 2. The largest absolute Gasteiger partial charge is 0.481 e. The minimum Gasteiger partial charge on any atom is -0.481 e. The van der Waals surface area contributed by atoms with Gasteiger partial charge in [-0.25, -0.2) is 18.4 Å². The molecule has 0 spiro atoms. The minimum atomic E-state index is -1.83. The number of carboxylic acid groups (broad SMARTS) is 2. The highest BCUT2D eigenvalue weighted by molar-refractivity contribution is 5.93. The second-order valence-electron chi connectivity index (χ2n) is 13.5. The van der Waals surface area contributed by atoms with Gasteiger partial charge in [-0.1, -0.05) is 84.9 Å². The van der Waals surface area contributed by atoms with Crippen LogP contribution in [0.3, 0.4) is 0 Å². The summed E-state index contributed by atoms with van der Waals surface area (Å²) in [6.45, 7) is 3.95. The van der Waals surface area contributed by atoms with Crippen LogP contribution in [0.2, 0.25) is 0 Å². The van der Waals surface area contributed by atoms with Crippen LogP contribution >= 0.6 is 0 Å². The smallest absolute Gasteiger partial charge is 0.373 e. The third-order valence-electron chi connectivity index (χ3n) is 9.99. The lowest BCUT2D eigenvalue weighted by Gasteiger charge is -2.30. The Kier molecular flexibility index (Phi) is 17.5. The predicted octanol–water partition coefficient (Wildman–Crippen LogP) is 3.60. The molecule has 0 bridgehead atoms. The van der Waals surface area contributed by atoms with Gasteiger partial charge in [0.25, 0.3) is 0 Å². The van der Waals surface area contributed by atoms with E-state index in [0.29, 0.717) is 11.1 Å². The number of nitrogens with two attached hydrogens (primary N) is 2. The molecular formula is C42H46F2N2O12. The zero-order valence-electron chi connectivity index (χ0n) is 31.7. The lowest BCUT2D eigenvalue weighted by Crippen LogP contribution is -2.47. The summed E-state index contributed by atoms with van der Waals surface area (Å²) in [6.07, 6.45) is -1.90. The summed E-state index contributed by atoms with van der Waals surface area (Å²) >= 11 is 0. The van der Waals surface area contributed by atoms with Crippen molar-refractivity contribution in [2.75, 3.05) is 26.4 Å². The predicted molar refractivity (Wildman–Crippen MR) is 202 cm³/mol. The summed E-state index contributed by atoms with van der Waals surface area (Å²) in [5.41, 5.74) is 11.8. The lowest BCUT2D eigenvalue weighted by molar-refractivity contribution is -0.191. The van der Waals surface area contributed by atoms with Crippen molar-refractivity contribution < 1.29 is 67.4 Å². The molecule has 8 N–H and O–H groups in total. The maximum absolute atomic E-state index is 13.7. The SMILES string of the molecule is C[C@H]1OC[C@@](N)(c2ccccc2F)[C@@H]1CO.C[C@H]1OC[C@@](N)(c2ccccc2F)[C@@H]1CO.O=C(O[C@H](C(=O)O)[C@@H](C(=O)O)c1ccccc1)c1ccccc1.O=C=O. The maximum Gasteiger partial charge on any atom is 0.373 e. The number of ether oxygens (including phenoxy) is 3. The van der Waals surface area contributed by atoms with E-state index in [2.05, 4.69) is 0 Å². The van der Waals surface area contributed by atoms with Gasteiger partial charge < -0.3 is 46.1 Å². The van der Waals surface area contributed by atoms with Crippen LogP contribution in [0.15, 0.2) is 109 Å². The van der Waals surface area contributed by atoms with Crippen LogP contribution in [0.1, 0.15) is 46.8 Å². The molecule has 0 aliphatic carbocycles. The summed E-state index contributed by atoms with van der Waals surface area (Å²) in [4.78, 5) is 51.2. The molecule has 0 saturated carbocycles. The van der Waals surface area contributed by atoms with Gasteiger partial charge in [-0.3, -0.25) is 4.79 Å². The Bertz CT molecular complexity index is 1910. The van der Waals surface area contributed by atoms with Crippen molar-refractivity contribution in [2.45, 2.75) is 49.2 Å². The molecule has 2 fully saturated rings. The monoisotopic (exact) mass is 808 g/mol. The average molecular weight is 809 g/mol. The Morgan fingerprint density at radius 1 is 0.707 bits per heavy atom. The lowest BCUT2D eigenvalue weighted by atomic mass is 9.79. The number of benzene rings is 4. The van der Waals surface area contributed by atoms with E-state index < -0.39 is 41.0 Å². The van der Waals surface area contributed by atoms with Crippen LogP contribution in [0, 0.1) is 23.5 Å². The molecule has 4 aromatic rings. The van der Waals surface area contributed by atoms with Crippen LogP contribution in [0.25, 0.3) is 0 Å². The highest BCUT2D eigenvalue weighted by Crippen LogP contribution is 2.39. The highest BCUT2D eigenvalue weighted by Gasteiger charge is 2.48. The summed E-state index contributed by atoms with van der Waals surface area (Å²) < 4.78 is 43.2. The standard InChI is InChI=1S/C17H14O6.2C12H16FNO2.CO2/c18-15(19)13(11-7-3-1-4-8-11)14(16(20)21)23-17(22)12-9-5-2-6-10-12;2*1-8-10(6-15)12(14,7-16-8)9-4-2-3-5-11(9)13;2-1-3/h1-10,13-14H,(H,18,19)(H,20,21);2*2-5,8,10,15H,6-7,14H2,1H3;/t13-,14-;2*8-,10-,12-;/m011./s1. The Morgan fingerprint density at radius 2 is 1.09 bits per heavy atom. The fraction of sp³-hybridized carbons (Fsp3) is 0.333. The molecule has 0 radical (unpaired) electrons. The number of esters is 1. The first-order valence-corrected chi connectivity index (χ1v) is 17.9. The first-order chi connectivity index (χ1) is 27.6. The van der Waals surface area contributed by atoms with Gasteiger partial charge in [0.1, 0.15) is 17.6 Å². The van der Waals surface area contributed by atoms with Crippen molar-refractivity contribution in [2.24, 2.45) is 23.3 Å². The molecule has 0 unspecified atom stereocenters. The van der Waals surface area contributed by atoms with Gasteiger partial charge in [-0.05, 0) is 43.7 Å². The van der Waals surface area contributed by atoms with E-state index >= 15 is 0 Å². The molecule has 16 heteroatoms. The molecule has 0 amide bonds. The summed E-state index contributed by atoms with van der Waals surface area (Å²) in [6, 6.07) is 28.4. The number of carbonyl (C=O) groups excluding carboxylic acids is 3. The normalized spacial score (nSPS) is 24.1. The van der Waals surface area contributed by atoms with Crippen molar-refractivity contribution >= 4 is 24.1 Å². The molecule has 2 heterocycles. The van der Waals surface area contributed by atoms with Gasteiger partial charge in [-0.2, -0.15) is 9.59 Å². The van der Waals surface area contributed by atoms with E-state index in [0.717, 1.165) is 0 Å². The van der Waals surface area contributed by atoms with E-state index in [1.54, 1.807) is 72.8 Å². The number of carbonyl (C=O) groups is 3. The zero-order chi connectivity index (χ0) is 43.0. The molecule has 310 valence electrons. The third-order valence-corrected chi connectivity index (χ3v) is 9.99. The average Bonchev–Trinajstić information content (AvgIpc) is 3.68. The Labute approximate surface area is 333 Å². The Morgan fingerprint density at radius 3 is 1.45 bits per heavy atom. The number of carboxylic acids is 2. The number of aliphatic carboxylic acids is 2. The van der Waals surface area contributed by atoms with Crippen LogP contribution in [-0.2, 0) is 44.5 Å². The second kappa shape index (κ2) is 21.7. The van der Waals surface area contributed by atoms with Gasteiger partial charge >= 0.3 is 24.1 Å². The van der Waals surface area contributed by atoms with Gasteiger partial charge in [-0.15, -0.1) is 0 Å². The van der Waals surface area contributed by atoms with Crippen molar-refractivity contribution in [3.05, 3.63) is 143 Å². The fourth-order valence-corrected chi connectivity index (χ4v) is 6.80. The number of hydrogen-bond acceptors (Lipinski definition) is 12. The summed E-state index contributed by atoms with van der Waals surface area (Å²) in [7, 11) is 0. The summed E-state index contributed by atoms with van der Waals surface area (Å²) in [5, 5.41) is 37.4. The number of rotatable bonds is 10. The fourth-order valence-electron chi connectivity index (χ4n) is 6.80. The topological polar surface area (TPSA) is 246 Å². The van der Waals surface area contributed by atoms with Gasteiger partial charge in [0.05, 0.1) is 55.3 Å². The first kappa shape index (κ1) is 46.7. The van der Waals surface area contributed by atoms with Gasteiger partial charge in [0, 0.05) is 23.0 Å². The molecule has 2 aliphatic heterocycles. The van der Waals surface area contributed by atoms with Crippen molar-refractivity contribution in [1.29, 1.82) is 0 Å². The second-order valence-corrected chi connectivity index (χ2v) is 13.5. The molecule has 8 atom stereocenters. The zero-order valence-corrected chi connectivity index (χ0v) is 31.7. The van der Waals surface area contributed by atoms with E-state index in [9.17, 15) is 43.6 Å². The molecular weight excluding hydrogens is 762 g/mol. The van der Waals surface area contributed by atoms with E-state index in [1.165, 1.54) is 36.4 Å². The number of hydrogen-bond donors (Lipinski definition) is 6. The molecule has 58 heavy (non-hydrogen) atoms. The molecule has 14 nitrogen and oxygen atoms in total. The molecule has 4 aromatic carbocycles. The first-order valence-electron chi connectivity index (χ1n) is 17.9. The number of aliphatic hydroxyl groups excluding tert-OH is 2. The van der Waals surface area contributed by atoms with Crippen LogP contribution < -0.4 is 11.5 Å². The van der Waals surface area contributed by atoms with Crippen LogP contribution in [0.5, 0.6) is 0 Å². The minimum absolute atomic E-state index is 0.105. The molecule has 6 rings (SSSR count). The quantitative estimate of drug-likeness (QED) is 0.125. The van der Waals surface area contributed by atoms with Crippen molar-refractivity contribution in [1.82, 2.24) is 0 Å². The highest BCUT2D eigenvalue weighted by atomic mass is 19.1. The van der Waals surface area contributed by atoms with E-state index in [4.69, 9.17) is 35.3 Å². The van der Waals surface area contributed by atoms with Gasteiger partial charge in [0.2, 0.25) is 6.10 Å². The molecule has 0 aromatic heterocycles. The Hall–Kier alpha value is -5.71. The van der Waals surface area contributed by atoms with E-state index in [1.807, 2.05) is 13.8 Å². The van der Waals surface area contributed by atoms with Crippen LogP contribution in [0.4, 0.5) is 8.78 Å². The maximum atomic E-state index is 13.7. The van der Waals surface area contributed by atoms with Gasteiger partial charge in [0.15, 0.2) is 0 Å². The van der Waals surface area contributed by atoms with Crippen molar-refractivity contribution in [3.8, 4) is 0 Å². The number of halogens is 2. The molecule has 2 saturated heterocycles. The Balaban J connectivity index is 0.000000230. The molecule has 2 aliphatic rings. The van der Waals surface area contributed by atoms with Crippen LogP contribution in [-0.4, -0.2) is 89.2 Å². The van der Waals surface area contributed by atoms with E-state index in [-0.39, 0.29) is 79.4 Å². The van der Waals surface area contributed by atoms with Crippen molar-refractivity contribution in [3.63, 3.8) is 0 Å². The third kappa shape index (κ3) is 11.2.